The maximum atomic E-state index is 6.14. The van der Waals surface area contributed by atoms with Crippen LogP contribution >= 0.6 is 50.5 Å². The van der Waals surface area contributed by atoms with Gasteiger partial charge in [-0.2, -0.15) is 0 Å². The Balaban J connectivity index is 1.87. The van der Waals surface area contributed by atoms with Crippen molar-refractivity contribution in [1.82, 2.24) is 9.97 Å². The van der Waals surface area contributed by atoms with E-state index in [2.05, 4.69) is 50.3 Å². The van der Waals surface area contributed by atoms with Crippen LogP contribution < -0.4 is 5.32 Å². The Hall–Kier alpha value is -1.66. The van der Waals surface area contributed by atoms with E-state index < -0.39 is 0 Å². The van der Waals surface area contributed by atoms with Crippen LogP contribution in [0.3, 0.4) is 0 Å². The predicted octanol–water partition coefficient (Wildman–Crippen LogP) is 7.48. The van der Waals surface area contributed by atoms with Gasteiger partial charge in [-0.05, 0) is 42.8 Å². The van der Waals surface area contributed by atoms with Crippen LogP contribution in [0.1, 0.15) is 4.88 Å². The summed E-state index contributed by atoms with van der Waals surface area (Å²) >= 11 is 17.3. The fraction of sp³-hybridized carbons (Fsp3) is 0.0526. The van der Waals surface area contributed by atoms with Gasteiger partial charge >= 0.3 is 0 Å². The van der Waals surface area contributed by atoms with Gasteiger partial charge in [0.2, 0.25) is 0 Å². The molecule has 3 nitrogen and oxygen atoms in total. The Kier molecular flexibility index (Phi) is 4.88. The molecule has 7 heteroatoms. The molecule has 0 aliphatic carbocycles. The lowest BCUT2D eigenvalue weighted by Crippen LogP contribution is -1.95. The van der Waals surface area contributed by atoms with Crippen molar-refractivity contribution in [2.24, 2.45) is 0 Å². The van der Waals surface area contributed by atoms with Crippen LogP contribution in [0, 0.1) is 6.92 Å². The van der Waals surface area contributed by atoms with E-state index in [0.717, 1.165) is 37.3 Å². The highest BCUT2D eigenvalue weighted by Crippen LogP contribution is 2.41. The number of nitrogens with zero attached hydrogens (tertiary/aromatic N) is 2. The number of nitrogens with one attached hydrogen (secondary N) is 1. The van der Waals surface area contributed by atoms with Gasteiger partial charge in [0.05, 0.1) is 15.4 Å². The minimum absolute atomic E-state index is 0.497. The molecule has 0 saturated carbocycles. The molecule has 2 heterocycles. The molecule has 130 valence electrons. The van der Waals surface area contributed by atoms with Gasteiger partial charge in [-0.1, -0.05) is 51.3 Å². The number of rotatable bonds is 3. The van der Waals surface area contributed by atoms with Crippen molar-refractivity contribution in [3.63, 3.8) is 0 Å². The Morgan fingerprint density at radius 1 is 1.00 bits per heavy atom. The first kappa shape index (κ1) is 17.7. The Labute approximate surface area is 173 Å². The normalized spacial score (nSPS) is 11.1. The summed E-state index contributed by atoms with van der Waals surface area (Å²) in [5.41, 5.74) is 3.09. The average molecular weight is 465 g/mol. The monoisotopic (exact) mass is 463 g/mol. The van der Waals surface area contributed by atoms with Crippen LogP contribution in [-0.4, -0.2) is 9.97 Å². The van der Waals surface area contributed by atoms with Crippen LogP contribution in [0.5, 0.6) is 0 Å². The minimum Gasteiger partial charge on any atom is -0.340 e. The first-order chi connectivity index (χ1) is 12.5. The Bertz CT molecular complexity index is 1110. The number of aryl methyl sites for hydroxylation is 1. The molecular weight excluding hydrogens is 453 g/mol. The van der Waals surface area contributed by atoms with Crippen LogP contribution in [0.25, 0.3) is 21.3 Å². The van der Waals surface area contributed by atoms with Crippen LogP contribution in [0.4, 0.5) is 11.5 Å². The van der Waals surface area contributed by atoms with E-state index in [1.807, 2.05) is 18.2 Å². The highest BCUT2D eigenvalue weighted by molar-refractivity contribution is 9.10. The summed E-state index contributed by atoms with van der Waals surface area (Å²) in [7, 11) is 0. The smallest absolute Gasteiger partial charge is 0.143 e. The highest BCUT2D eigenvalue weighted by Gasteiger charge is 2.17. The van der Waals surface area contributed by atoms with E-state index in [1.54, 1.807) is 29.8 Å². The third kappa shape index (κ3) is 3.32. The molecule has 0 aliphatic heterocycles. The molecule has 0 spiro atoms. The quantitative estimate of drug-likeness (QED) is 0.341. The van der Waals surface area contributed by atoms with Gasteiger partial charge in [0.25, 0.3) is 0 Å². The van der Waals surface area contributed by atoms with E-state index in [9.17, 15) is 0 Å². The van der Waals surface area contributed by atoms with E-state index in [-0.39, 0.29) is 0 Å². The molecule has 2 aromatic heterocycles. The number of benzene rings is 2. The van der Waals surface area contributed by atoms with Gasteiger partial charge in [-0.3, -0.25) is 0 Å². The van der Waals surface area contributed by atoms with Gasteiger partial charge in [-0.25, -0.2) is 9.97 Å². The lowest BCUT2D eigenvalue weighted by molar-refractivity contribution is 1.23. The SMILES string of the molecule is Cc1sc2ncnc(Nc3ccc(Cl)c(Cl)c3)c2c1-c1ccc(Br)cc1. The standard InChI is InChI=1S/C19H12BrCl2N3S/c1-10-16(11-2-4-12(20)5-3-11)17-18(23-9-24-19(17)26-10)25-13-6-7-14(21)15(22)8-13/h2-9H,1H3,(H,23,24,25). The zero-order valence-corrected chi connectivity index (χ0v) is 17.5. The largest absolute Gasteiger partial charge is 0.340 e. The van der Waals surface area contributed by atoms with Gasteiger partial charge in [-0.15, -0.1) is 11.3 Å². The molecule has 0 bridgehead atoms. The predicted molar refractivity (Wildman–Crippen MR) is 115 cm³/mol. The van der Waals surface area contributed by atoms with E-state index in [0.29, 0.717) is 10.0 Å². The molecule has 2 aromatic carbocycles. The summed E-state index contributed by atoms with van der Waals surface area (Å²) < 4.78 is 1.05. The third-order valence-corrected chi connectivity index (χ3v) is 6.26. The van der Waals surface area contributed by atoms with Crippen LogP contribution in [0.15, 0.2) is 53.3 Å². The number of halogens is 3. The summed E-state index contributed by atoms with van der Waals surface area (Å²) in [4.78, 5) is 11.1. The van der Waals surface area contributed by atoms with Crippen molar-refractivity contribution in [1.29, 1.82) is 0 Å². The zero-order valence-electron chi connectivity index (χ0n) is 13.6. The number of hydrogen-bond donors (Lipinski definition) is 1. The molecular formula is C19H12BrCl2N3S. The second-order valence-electron chi connectivity index (χ2n) is 5.70. The minimum atomic E-state index is 0.497. The summed E-state index contributed by atoms with van der Waals surface area (Å²) in [6.45, 7) is 2.10. The lowest BCUT2D eigenvalue weighted by Gasteiger charge is -2.10. The molecule has 4 aromatic rings. The van der Waals surface area contributed by atoms with Crippen molar-refractivity contribution in [3.05, 3.63) is 68.2 Å². The van der Waals surface area contributed by atoms with E-state index in [1.165, 1.54) is 4.88 Å². The zero-order chi connectivity index (χ0) is 18.3. The highest BCUT2D eigenvalue weighted by atomic mass is 79.9. The first-order valence-corrected chi connectivity index (χ1v) is 10.1. The fourth-order valence-electron chi connectivity index (χ4n) is 2.81. The van der Waals surface area contributed by atoms with E-state index in [4.69, 9.17) is 23.2 Å². The molecule has 4 rings (SSSR count). The number of thiophene rings is 1. The first-order valence-electron chi connectivity index (χ1n) is 7.75. The fourth-order valence-corrected chi connectivity index (χ4v) is 4.39. The molecule has 1 N–H and O–H groups in total. The van der Waals surface area contributed by atoms with Gasteiger partial charge < -0.3 is 5.32 Å². The molecule has 0 amide bonds. The van der Waals surface area contributed by atoms with Crippen molar-refractivity contribution in [3.8, 4) is 11.1 Å². The number of hydrogen-bond acceptors (Lipinski definition) is 4. The lowest BCUT2D eigenvalue weighted by atomic mass is 10.0. The second-order valence-corrected chi connectivity index (χ2v) is 8.63. The van der Waals surface area contributed by atoms with E-state index >= 15 is 0 Å². The second kappa shape index (κ2) is 7.16. The van der Waals surface area contributed by atoms with Crippen molar-refractivity contribution >= 4 is 72.2 Å². The molecule has 26 heavy (non-hydrogen) atoms. The summed E-state index contributed by atoms with van der Waals surface area (Å²) in [6, 6.07) is 13.7. The molecule has 0 radical (unpaired) electrons. The van der Waals surface area contributed by atoms with Gasteiger partial charge in [0.1, 0.15) is 17.0 Å². The van der Waals surface area contributed by atoms with Gasteiger partial charge in [0, 0.05) is 20.6 Å². The van der Waals surface area contributed by atoms with Crippen LogP contribution in [-0.2, 0) is 0 Å². The molecule has 0 atom stereocenters. The van der Waals surface area contributed by atoms with Crippen molar-refractivity contribution < 1.29 is 0 Å². The van der Waals surface area contributed by atoms with Gasteiger partial charge in [0.15, 0.2) is 0 Å². The summed E-state index contributed by atoms with van der Waals surface area (Å²) in [6.07, 6.45) is 1.57. The van der Waals surface area contributed by atoms with Crippen molar-refractivity contribution in [2.45, 2.75) is 6.92 Å². The maximum absolute atomic E-state index is 6.14. The van der Waals surface area contributed by atoms with Crippen LogP contribution in [0.2, 0.25) is 10.0 Å². The molecule has 0 unspecified atom stereocenters. The summed E-state index contributed by atoms with van der Waals surface area (Å²) in [5.74, 6) is 0.746. The Morgan fingerprint density at radius 2 is 1.77 bits per heavy atom. The molecule has 0 saturated heterocycles. The number of fused-ring (bicyclic) bond motifs is 1. The number of anilines is 2. The molecule has 0 fully saturated rings. The summed E-state index contributed by atoms with van der Waals surface area (Å²) in [5, 5.41) is 5.37. The Morgan fingerprint density at radius 3 is 2.50 bits per heavy atom. The van der Waals surface area contributed by atoms with Crippen molar-refractivity contribution in [2.75, 3.05) is 5.32 Å². The number of aromatic nitrogens is 2. The average Bonchev–Trinajstić information content (AvgIpc) is 2.96. The topological polar surface area (TPSA) is 37.8 Å². The third-order valence-electron chi connectivity index (χ3n) is 3.98. The molecule has 0 aliphatic rings. The maximum Gasteiger partial charge on any atom is 0.143 e.